The van der Waals surface area contributed by atoms with Crippen LogP contribution >= 0.6 is 23.8 Å². The Morgan fingerprint density at radius 2 is 1.97 bits per heavy atom. The molecular formula is C25H30ClN5OS. The van der Waals surface area contributed by atoms with Crippen molar-refractivity contribution >= 4 is 46.2 Å². The van der Waals surface area contributed by atoms with E-state index in [0.717, 1.165) is 36.3 Å². The summed E-state index contributed by atoms with van der Waals surface area (Å²) in [5, 5.41) is 4.40. The van der Waals surface area contributed by atoms with E-state index >= 15 is 0 Å². The average molecular weight is 484 g/mol. The zero-order valence-corrected chi connectivity index (χ0v) is 21.0. The maximum atomic E-state index is 13.4. The lowest BCUT2D eigenvalue weighted by Crippen LogP contribution is -2.50. The van der Waals surface area contributed by atoms with E-state index in [1.807, 2.05) is 42.5 Å². The third kappa shape index (κ3) is 4.90. The summed E-state index contributed by atoms with van der Waals surface area (Å²) in [7, 11) is 3.91. The van der Waals surface area contributed by atoms with Gasteiger partial charge in [0.05, 0.1) is 11.4 Å². The molecule has 1 amide bonds. The molecule has 2 aromatic rings. The highest BCUT2D eigenvalue weighted by Crippen LogP contribution is 2.30. The Bertz CT molecular complexity index is 1070. The van der Waals surface area contributed by atoms with Crippen LogP contribution in [-0.4, -0.2) is 72.0 Å². The van der Waals surface area contributed by atoms with Gasteiger partial charge in [0, 0.05) is 48.4 Å². The number of halogens is 1. The van der Waals surface area contributed by atoms with Crippen LogP contribution in [0.4, 0.5) is 5.69 Å². The zero-order valence-electron chi connectivity index (χ0n) is 19.5. The second-order valence-corrected chi connectivity index (χ2v) is 9.73. The minimum atomic E-state index is -0.828. The van der Waals surface area contributed by atoms with Crippen molar-refractivity contribution in [2.45, 2.75) is 38.5 Å². The summed E-state index contributed by atoms with van der Waals surface area (Å²) in [6, 6.07) is 16.3. The van der Waals surface area contributed by atoms with Crippen LogP contribution < -0.4 is 10.2 Å². The van der Waals surface area contributed by atoms with Crippen molar-refractivity contribution < 1.29 is 4.79 Å². The predicted molar refractivity (Wildman–Crippen MR) is 139 cm³/mol. The molecule has 4 rings (SSSR count). The molecule has 2 aliphatic rings. The van der Waals surface area contributed by atoms with Crippen LogP contribution in [0.15, 0.2) is 53.5 Å². The standard InChI is InChI=1S/C25H30ClN5OS/c1-16(2)29(3)19-12-13-31(15-19)25(33)28-23-24(32)30(4)21-11-10-18(26)14-20(21)22(27-23)17-8-6-5-7-9-17/h5-11,14,16,19,23H,12-13,15H2,1-4H3,(H,28,33). The summed E-state index contributed by atoms with van der Waals surface area (Å²) in [6.45, 7) is 6.09. The number of amides is 1. The Morgan fingerprint density at radius 3 is 2.67 bits per heavy atom. The topological polar surface area (TPSA) is 51.2 Å². The monoisotopic (exact) mass is 483 g/mol. The third-order valence-corrected chi connectivity index (χ3v) is 7.16. The molecule has 2 unspecified atom stereocenters. The number of likely N-dealkylation sites (tertiary alicyclic amines) is 1. The van der Waals surface area contributed by atoms with E-state index in [1.54, 1.807) is 18.0 Å². The number of nitrogens with zero attached hydrogens (tertiary/aromatic N) is 4. The molecule has 2 atom stereocenters. The van der Waals surface area contributed by atoms with E-state index in [4.69, 9.17) is 28.8 Å². The van der Waals surface area contributed by atoms with Gasteiger partial charge in [0.25, 0.3) is 5.91 Å². The number of anilines is 1. The number of rotatable bonds is 4. The van der Waals surface area contributed by atoms with Gasteiger partial charge in [-0.3, -0.25) is 9.69 Å². The number of benzodiazepines with no additional fused rings is 1. The normalized spacial score (nSPS) is 20.7. The lowest BCUT2D eigenvalue weighted by Gasteiger charge is -2.29. The smallest absolute Gasteiger partial charge is 0.272 e. The van der Waals surface area contributed by atoms with Crippen molar-refractivity contribution in [2.24, 2.45) is 4.99 Å². The molecule has 1 saturated heterocycles. The summed E-state index contributed by atoms with van der Waals surface area (Å²) < 4.78 is 0. The molecule has 0 aromatic heterocycles. The van der Waals surface area contributed by atoms with E-state index in [-0.39, 0.29) is 5.91 Å². The molecule has 8 heteroatoms. The van der Waals surface area contributed by atoms with E-state index in [2.05, 4.69) is 36.0 Å². The Hall–Kier alpha value is -2.48. The molecule has 0 bridgehead atoms. The van der Waals surface area contributed by atoms with Gasteiger partial charge in [-0.25, -0.2) is 4.99 Å². The summed E-state index contributed by atoms with van der Waals surface area (Å²) in [6.07, 6.45) is 0.211. The van der Waals surface area contributed by atoms with Gasteiger partial charge in [-0.15, -0.1) is 0 Å². The van der Waals surface area contributed by atoms with Crippen LogP contribution in [0.25, 0.3) is 0 Å². The lowest BCUT2D eigenvalue weighted by atomic mass is 10.0. The zero-order chi connectivity index (χ0) is 23.7. The highest BCUT2D eigenvalue weighted by molar-refractivity contribution is 7.80. The van der Waals surface area contributed by atoms with Crippen LogP contribution in [-0.2, 0) is 4.79 Å². The highest BCUT2D eigenvalue weighted by Gasteiger charge is 2.33. The van der Waals surface area contributed by atoms with Crippen LogP contribution in [0.1, 0.15) is 31.4 Å². The lowest BCUT2D eigenvalue weighted by molar-refractivity contribution is -0.119. The van der Waals surface area contributed by atoms with E-state index < -0.39 is 6.17 Å². The third-order valence-electron chi connectivity index (χ3n) is 6.55. The van der Waals surface area contributed by atoms with Crippen LogP contribution in [0, 0.1) is 0 Å². The molecule has 0 aliphatic carbocycles. The first-order valence-corrected chi connectivity index (χ1v) is 12.0. The minimum Gasteiger partial charge on any atom is -0.348 e. The SMILES string of the molecule is CC(C)N(C)C1CCN(C(=S)NC2N=C(c3ccccc3)c3cc(Cl)ccc3N(C)C2=O)C1. The maximum Gasteiger partial charge on any atom is 0.272 e. The largest absolute Gasteiger partial charge is 0.348 e. The number of aliphatic imine (C=N–C) groups is 1. The van der Waals surface area contributed by atoms with Crippen LogP contribution in [0.2, 0.25) is 5.02 Å². The Morgan fingerprint density at radius 1 is 1.24 bits per heavy atom. The molecule has 0 spiro atoms. The molecule has 2 aliphatic heterocycles. The molecule has 6 nitrogen and oxygen atoms in total. The fourth-order valence-electron chi connectivity index (χ4n) is 4.36. The molecule has 0 saturated carbocycles. The van der Waals surface area contributed by atoms with Gasteiger partial charge in [-0.2, -0.15) is 0 Å². The molecule has 2 aromatic carbocycles. The highest BCUT2D eigenvalue weighted by atomic mass is 35.5. The van der Waals surface area contributed by atoms with Gasteiger partial charge in [-0.05, 0) is 57.7 Å². The number of carbonyl (C=O) groups excluding carboxylic acids is 1. The van der Waals surface area contributed by atoms with E-state index in [9.17, 15) is 4.79 Å². The molecule has 0 radical (unpaired) electrons. The summed E-state index contributed by atoms with van der Waals surface area (Å²) >= 11 is 12.1. The van der Waals surface area contributed by atoms with Crippen molar-refractivity contribution in [3.63, 3.8) is 0 Å². The fraction of sp³-hybridized carbons (Fsp3) is 0.400. The predicted octanol–water partition coefficient (Wildman–Crippen LogP) is 3.77. The second-order valence-electron chi connectivity index (χ2n) is 8.90. The van der Waals surface area contributed by atoms with Crippen molar-refractivity contribution in [1.82, 2.24) is 15.1 Å². The van der Waals surface area contributed by atoms with Gasteiger partial charge in [0.1, 0.15) is 0 Å². The molecule has 174 valence electrons. The molecule has 2 heterocycles. The first-order chi connectivity index (χ1) is 15.8. The molecule has 1 fully saturated rings. The molecular weight excluding hydrogens is 454 g/mol. The Labute approximate surface area is 206 Å². The van der Waals surface area contributed by atoms with Crippen LogP contribution in [0.3, 0.4) is 0 Å². The number of likely N-dealkylation sites (N-methyl/N-ethyl adjacent to an activating group) is 2. The minimum absolute atomic E-state index is 0.165. The number of thiocarbonyl (C=S) groups is 1. The molecule has 33 heavy (non-hydrogen) atoms. The fourth-order valence-corrected chi connectivity index (χ4v) is 4.80. The number of fused-ring (bicyclic) bond motifs is 1. The average Bonchev–Trinajstić information content (AvgIpc) is 3.28. The van der Waals surface area contributed by atoms with E-state index in [0.29, 0.717) is 27.9 Å². The van der Waals surface area contributed by atoms with Crippen molar-refractivity contribution in [1.29, 1.82) is 0 Å². The Kier molecular flexibility index (Phi) is 7.02. The number of nitrogens with one attached hydrogen (secondary N) is 1. The second kappa shape index (κ2) is 9.79. The Balaban J connectivity index is 1.64. The van der Waals surface area contributed by atoms with Gasteiger partial charge < -0.3 is 15.1 Å². The van der Waals surface area contributed by atoms with Gasteiger partial charge in [-0.1, -0.05) is 41.9 Å². The van der Waals surface area contributed by atoms with Crippen molar-refractivity contribution in [3.05, 3.63) is 64.7 Å². The van der Waals surface area contributed by atoms with Gasteiger partial charge >= 0.3 is 0 Å². The quantitative estimate of drug-likeness (QED) is 0.671. The number of hydrogen-bond acceptors (Lipinski definition) is 4. The number of hydrogen-bond donors (Lipinski definition) is 1. The molecule has 1 N–H and O–H groups in total. The van der Waals surface area contributed by atoms with Crippen molar-refractivity contribution in [2.75, 3.05) is 32.1 Å². The van der Waals surface area contributed by atoms with E-state index in [1.165, 1.54) is 0 Å². The maximum absolute atomic E-state index is 13.4. The first kappa shape index (κ1) is 23.7. The van der Waals surface area contributed by atoms with Gasteiger partial charge in [0.2, 0.25) is 6.17 Å². The first-order valence-electron chi connectivity index (χ1n) is 11.2. The van der Waals surface area contributed by atoms with Crippen LogP contribution in [0.5, 0.6) is 0 Å². The number of benzene rings is 2. The van der Waals surface area contributed by atoms with Crippen molar-refractivity contribution in [3.8, 4) is 0 Å². The number of carbonyl (C=O) groups is 1. The van der Waals surface area contributed by atoms with Gasteiger partial charge in [0.15, 0.2) is 5.11 Å². The summed E-state index contributed by atoms with van der Waals surface area (Å²) in [5.41, 5.74) is 3.22. The summed E-state index contributed by atoms with van der Waals surface area (Å²) in [5.74, 6) is -0.165. The summed E-state index contributed by atoms with van der Waals surface area (Å²) in [4.78, 5) is 24.4.